The van der Waals surface area contributed by atoms with Crippen molar-refractivity contribution >= 4 is 0 Å². The number of oxazole rings is 1. The molecule has 0 saturated heterocycles. The Balaban J connectivity index is 2.46. The van der Waals surface area contributed by atoms with E-state index in [4.69, 9.17) is 10.2 Å². The molecule has 0 bridgehead atoms. The fourth-order valence-electron chi connectivity index (χ4n) is 1.33. The summed E-state index contributed by atoms with van der Waals surface area (Å²) in [5.74, 6) is -3.70. The molecule has 1 aromatic carbocycles. The molecule has 1 heterocycles. The summed E-state index contributed by atoms with van der Waals surface area (Å²) >= 11 is 0. The number of nitrogens with two attached hydrogens (primary N) is 1. The average molecular weight is 242 g/mol. The van der Waals surface area contributed by atoms with Gasteiger partial charge in [0.15, 0.2) is 23.2 Å². The Bertz CT molecular complexity index is 528. The van der Waals surface area contributed by atoms with Gasteiger partial charge in [0.25, 0.3) is 0 Å². The summed E-state index contributed by atoms with van der Waals surface area (Å²) in [6.07, 6.45) is 1.28. The molecule has 1 aromatic heterocycles. The van der Waals surface area contributed by atoms with Gasteiger partial charge >= 0.3 is 0 Å². The van der Waals surface area contributed by atoms with Gasteiger partial charge < -0.3 is 10.2 Å². The van der Waals surface area contributed by atoms with Crippen molar-refractivity contribution in [3.8, 4) is 11.3 Å². The lowest BCUT2D eigenvalue weighted by molar-refractivity contribution is 0.445. The second-order valence-corrected chi connectivity index (χ2v) is 3.61. The van der Waals surface area contributed by atoms with Gasteiger partial charge in [0.05, 0.1) is 12.2 Å². The van der Waals surface area contributed by atoms with Crippen LogP contribution in [0.25, 0.3) is 11.3 Å². The zero-order chi connectivity index (χ0) is 12.6. The molecule has 0 aliphatic carbocycles. The van der Waals surface area contributed by atoms with Gasteiger partial charge in [-0.2, -0.15) is 0 Å². The summed E-state index contributed by atoms with van der Waals surface area (Å²) in [4.78, 5) is 3.84. The largest absolute Gasteiger partial charge is 0.439 e. The van der Waals surface area contributed by atoms with E-state index in [0.717, 1.165) is 12.1 Å². The van der Waals surface area contributed by atoms with Crippen LogP contribution in [0.5, 0.6) is 0 Å². The van der Waals surface area contributed by atoms with Crippen molar-refractivity contribution < 1.29 is 17.6 Å². The number of rotatable bonds is 2. The molecule has 2 aromatic rings. The molecule has 0 spiro atoms. The predicted octanol–water partition coefficient (Wildman–Crippen LogP) is 2.78. The molecule has 1 unspecified atom stereocenters. The Labute approximate surface area is 95.1 Å². The molecular weight excluding hydrogens is 233 g/mol. The first-order valence-corrected chi connectivity index (χ1v) is 4.85. The van der Waals surface area contributed by atoms with E-state index in [-0.39, 0.29) is 17.2 Å². The molecule has 2 N–H and O–H groups in total. The monoisotopic (exact) mass is 242 g/mol. The first-order chi connectivity index (χ1) is 7.99. The van der Waals surface area contributed by atoms with Crippen molar-refractivity contribution in [2.75, 3.05) is 0 Å². The quantitative estimate of drug-likeness (QED) is 0.824. The Morgan fingerprint density at radius 1 is 1.24 bits per heavy atom. The van der Waals surface area contributed by atoms with Gasteiger partial charge in [-0.3, -0.25) is 0 Å². The summed E-state index contributed by atoms with van der Waals surface area (Å²) in [5, 5.41) is 0. The Morgan fingerprint density at radius 2 is 1.82 bits per heavy atom. The zero-order valence-corrected chi connectivity index (χ0v) is 8.88. The van der Waals surface area contributed by atoms with Gasteiger partial charge in [-0.1, -0.05) is 0 Å². The lowest BCUT2D eigenvalue weighted by Crippen LogP contribution is -2.04. The SMILES string of the molecule is CC(N)c1ncc(-c2cc(F)c(F)c(F)c2)o1. The molecule has 0 aliphatic heterocycles. The lowest BCUT2D eigenvalue weighted by atomic mass is 10.1. The van der Waals surface area contributed by atoms with E-state index >= 15 is 0 Å². The van der Waals surface area contributed by atoms with Crippen LogP contribution in [0, 0.1) is 17.5 Å². The van der Waals surface area contributed by atoms with Crippen LogP contribution in [0.2, 0.25) is 0 Å². The highest BCUT2D eigenvalue weighted by atomic mass is 19.2. The van der Waals surface area contributed by atoms with Crippen LogP contribution in [0.15, 0.2) is 22.7 Å². The maximum Gasteiger partial charge on any atom is 0.211 e. The first-order valence-electron chi connectivity index (χ1n) is 4.85. The van der Waals surface area contributed by atoms with Crippen LogP contribution in [0.4, 0.5) is 13.2 Å². The Hall–Kier alpha value is -1.82. The zero-order valence-electron chi connectivity index (χ0n) is 8.88. The molecule has 1 atom stereocenters. The number of nitrogens with zero attached hydrogens (tertiary/aromatic N) is 1. The molecule has 0 saturated carbocycles. The van der Waals surface area contributed by atoms with Crippen LogP contribution in [0.3, 0.4) is 0 Å². The summed E-state index contributed by atoms with van der Waals surface area (Å²) in [6.45, 7) is 1.65. The highest BCUT2D eigenvalue weighted by molar-refractivity contribution is 5.56. The topological polar surface area (TPSA) is 52.0 Å². The van der Waals surface area contributed by atoms with Crippen molar-refractivity contribution in [1.29, 1.82) is 0 Å². The summed E-state index contributed by atoms with van der Waals surface area (Å²) < 4.78 is 43.9. The third kappa shape index (κ3) is 2.16. The maximum absolute atomic E-state index is 13.0. The van der Waals surface area contributed by atoms with Crippen molar-refractivity contribution in [1.82, 2.24) is 4.98 Å². The molecule has 0 aliphatic rings. The minimum atomic E-state index is -1.51. The molecule has 90 valence electrons. The third-order valence-electron chi connectivity index (χ3n) is 2.18. The van der Waals surface area contributed by atoms with Gasteiger partial charge in [0.1, 0.15) is 0 Å². The fraction of sp³-hybridized carbons (Fsp3) is 0.182. The molecule has 6 heteroatoms. The summed E-state index contributed by atoms with van der Waals surface area (Å²) in [5.41, 5.74) is 5.59. The summed E-state index contributed by atoms with van der Waals surface area (Å²) in [6, 6.07) is 1.24. The second-order valence-electron chi connectivity index (χ2n) is 3.61. The molecular formula is C11H9F3N2O. The van der Waals surface area contributed by atoms with E-state index in [1.54, 1.807) is 6.92 Å². The standard InChI is InChI=1S/C11H9F3N2O/c1-5(15)11-16-4-9(17-11)6-2-7(12)10(14)8(13)3-6/h2-5H,15H2,1H3. The van der Waals surface area contributed by atoms with Gasteiger partial charge in [-0.15, -0.1) is 0 Å². The van der Waals surface area contributed by atoms with Gasteiger partial charge in [-0.05, 0) is 19.1 Å². The average Bonchev–Trinajstić information content (AvgIpc) is 2.74. The van der Waals surface area contributed by atoms with Crippen LogP contribution >= 0.6 is 0 Å². The highest BCUT2D eigenvalue weighted by Gasteiger charge is 2.15. The normalized spacial score (nSPS) is 12.8. The highest BCUT2D eigenvalue weighted by Crippen LogP contribution is 2.25. The number of benzene rings is 1. The molecule has 0 radical (unpaired) electrons. The molecule has 0 amide bonds. The third-order valence-corrected chi connectivity index (χ3v) is 2.18. The van der Waals surface area contributed by atoms with Crippen molar-refractivity contribution in [3.63, 3.8) is 0 Å². The minimum Gasteiger partial charge on any atom is -0.439 e. The van der Waals surface area contributed by atoms with Gasteiger partial charge in [0, 0.05) is 5.56 Å². The summed E-state index contributed by atoms with van der Waals surface area (Å²) in [7, 11) is 0. The van der Waals surface area contributed by atoms with Gasteiger partial charge in [0.2, 0.25) is 5.89 Å². The van der Waals surface area contributed by atoms with Crippen LogP contribution in [0.1, 0.15) is 18.9 Å². The predicted molar refractivity (Wildman–Crippen MR) is 54.4 cm³/mol. The van der Waals surface area contributed by atoms with E-state index < -0.39 is 23.5 Å². The molecule has 0 fully saturated rings. The van der Waals surface area contributed by atoms with Gasteiger partial charge in [-0.25, -0.2) is 18.2 Å². The smallest absolute Gasteiger partial charge is 0.211 e. The lowest BCUT2D eigenvalue weighted by Gasteiger charge is -2.00. The first kappa shape index (κ1) is 11.7. The van der Waals surface area contributed by atoms with Crippen LogP contribution < -0.4 is 5.73 Å². The molecule has 2 rings (SSSR count). The number of aromatic nitrogens is 1. The van der Waals surface area contributed by atoms with E-state index in [9.17, 15) is 13.2 Å². The van der Waals surface area contributed by atoms with Crippen LogP contribution in [-0.2, 0) is 0 Å². The number of hydrogen-bond donors (Lipinski definition) is 1. The fourth-order valence-corrected chi connectivity index (χ4v) is 1.33. The Kier molecular flexibility index (Phi) is 2.89. The Morgan fingerprint density at radius 3 is 2.29 bits per heavy atom. The number of hydrogen-bond acceptors (Lipinski definition) is 3. The second kappa shape index (κ2) is 4.21. The molecule has 17 heavy (non-hydrogen) atoms. The van der Waals surface area contributed by atoms with E-state index in [1.165, 1.54) is 6.20 Å². The minimum absolute atomic E-state index is 0.0702. The van der Waals surface area contributed by atoms with Crippen molar-refractivity contribution in [3.05, 3.63) is 41.7 Å². The van der Waals surface area contributed by atoms with E-state index in [1.807, 2.05) is 0 Å². The van der Waals surface area contributed by atoms with E-state index in [2.05, 4.69) is 4.98 Å². The van der Waals surface area contributed by atoms with E-state index in [0.29, 0.717) is 0 Å². The molecule has 3 nitrogen and oxygen atoms in total. The van der Waals surface area contributed by atoms with Crippen molar-refractivity contribution in [2.45, 2.75) is 13.0 Å². The van der Waals surface area contributed by atoms with Crippen LogP contribution in [-0.4, -0.2) is 4.98 Å². The van der Waals surface area contributed by atoms with Crippen molar-refractivity contribution in [2.24, 2.45) is 5.73 Å². The number of halogens is 3. The maximum atomic E-state index is 13.0.